The molecule has 0 unspecified atom stereocenters. The average molecular weight is 482 g/mol. The molecule has 9 heteroatoms. The first-order valence-electron chi connectivity index (χ1n) is 8.55. The molecule has 3 aromatic carbocycles. The maximum absolute atomic E-state index is 12.5. The van der Waals surface area contributed by atoms with Crippen molar-refractivity contribution in [2.45, 2.75) is 4.90 Å². The van der Waals surface area contributed by atoms with E-state index < -0.39 is 10.0 Å². The number of carbonyl (C=O) groups excluding carboxylic acids is 1. The summed E-state index contributed by atoms with van der Waals surface area (Å²) >= 11 is 17.7. The van der Waals surface area contributed by atoms with Gasteiger partial charge in [0.25, 0.3) is 10.0 Å². The van der Waals surface area contributed by atoms with Crippen LogP contribution in [0.5, 0.6) is 0 Å². The van der Waals surface area contributed by atoms with E-state index in [1.807, 2.05) is 0 Å². The first kappa shape index (κ1) is 22.2. The quantitative estimate of drug-likeness (QED) is 0.418. The summed E-state index contributed by atoms with van der Waals surface area (Å²) in [4.78, 5) is 12.1. The largest absolute Gasteiger partial charge is 0.323 e. The molecular formula is C21H15Cl3N2O3S. The zero-order valence-corrected chi connectivity index (χ0v) is 18.4. The molecule has 0 spiro atoms. The van der Waals surface area contributed by atoms with Gasteiger partial charge in [-0.3, -0.25) is 9.52 Å². The van der Waals surface area contributed by atoms with E-state index in [4.69, 9.17) is 34.8 Å². The Morgan fingerprint density at radius 2 is 1.47 bits per heavy atom. The van der Waals surface area contributed by atoms with Crippen molar-refractivity contribution in [3.05, 3.63) is 93.4 Å². The second-order valence-electron chi connectivity index (χ2n) is 6.13. The second-order valence-corrected chi connectivity index (χ2v) is 9.09. The summed E-state index contributed by atoms with van der Waals surface area (Å²) in [5, 5.41) is 3.85. The lowest BCUT2D eigenvalue weighted by atomic mass is 10.2. The van der Waals surface area contributed by atoms with Crippen molar-refractivity contribution in [2.75, 3.05) is 10.0 Å². The normalized spacial score (nSPS) is 11.4. The summed E-state index contributed by atoms with van der Waals surface area (Å²) in [6.07, 6.45) is 3.02. The van der Waals surface area contributed by atoms with Gasteiger partial charge in [-0.15, -0.1) is 0 Å². The fourth-order valence-corrected chi connectivity index (χ4v) is 4.14. The van der Waals surface area contributed by atoms with Crippen LogP contribution >= 0.6 is 34.8 Å². The van der Waals surface area contributed by atoms with Gasteiger partial charge in [0.15, 0.2) is 0 Å². The minimum Gasteiger partial charge on any atom is -0.323 e. The molecule has 0 aliphatic carbocycles. The molecule has 0 bridgehead atoms. The minimum absolute atomic E-state index is 0.0169. The number of amides is 1. The minimum atomic E-state index is -3.86. The predicted molar refractivity (Wildman–Crippen MR) is 123 cm³/mol. The van der Waals surface area contributed by atoms with E-state index in [0.29, 0.717) is 15.7 Å². The smallest absolute Gasteiger partial charge is 0.261 e. The molecule has 1 amide bonds. The zero-order valence-electron chi connectivity index (χ0n) is 15.3. The third kappa shape index (κ3) is 6.00. The average Bonchev–Trinajstić information content (AvgIpc) is 2.70. The van der Waals surface area contributed by atoms with Crippen LogP contribution in [0, 0.1) is 0 Å². The van der Waals surface area contributed by atoms with Gasteiger partial charge in [0, 0.05) is 21.8 Å². The van der Waals surface area contributed by atoms with Gasteiger partial charge in [0.05, 0.1) is 15.6 Å². The number of anilines is 2. The molecule has 0 radical (unpaired) electrons. The lowest BCUT2D eigenvalue weighted by Crippen LogP contribution is -2.13. The molecule has 0 atom stereocenters. The molecule has 154 valence electrons. The van der Waals surface area contributed by atoms with E-state index in [1.54, 1.807) is 30.3 Å². The molecule has 3 rings (SSSR count). The molecule has 0 saturated carbocycles. The number of hydrogen-bond acceptors (Lipinski definition) is 3. The van der Waals surface area contributed by atoms with Crippen LogP contribution in [0.1, 0.15) is 5.56 Å². The molecule has 0 aliphatic heterocycles. The number of benzene rings is 3. The van der Waals surface area contributed by atoms with Crippen molar-refractivity contribution in [1.29, 1.82) is 0 Å². The fraction of sp³-hybridized carbons (Fsp3) is 0. The summed E-state index contributed by atoms with van der Waals surface area (Å²) < 4.78 is 27.5. The first-order valence-corrected chi connectivity index (χ1v) is 11.2. The summed E-state index contributed by atoms with van der Waals surface area (Å²) in [7, 11) is -3.86. The highest BCUT2D eigenvalue weighted by molar-refractivity contribution is 7.92. The van der Waals surface area contributed by atoms with Crippen LogP contribution in [0.15, 0.2) is 77.7 Å². The van der Waals surface area contributed by atoms with Gasteiger partial charge in [-0.2, -0.15) is 0 Å². The van der Waals surface area contributed by atoms with Crippen LogP contribution in [-0.2, 0) is 14.8 Å². The molecule has 0 heterocycles. The van der Waals surface area contributed by atoms with Crippen LogP contribution < -0.4 is 10.0 Å². The monoisotopic (exact) mass is 480 g/mol. The zero-order chi connectivity index (χ0) is 21.7. The molecule has 0 fully saturated rings. The molecule has 0 aromatic heterocycles. The Labute approximate surface area is 189 Å². The van der Waals surface area contributed by atoms with Crippen molar-refractivity contribution in [3.8, 4) is 0 Å². The van der Waals surface area contributed by atoms with Gasteiger partial charge in [-0.25, -0.2) is 8.42 Å². The van der Waals surface area contributed by atoms with E-state index in [1.165, 1.54) is 48.5 Å². The summed E-state index contributed by atoms with van der Waals surface area (Å²) in [5.74, 6) is -0.355. The van der Waals surface area contributed by atoms with E-state index in [2.05, 4.69) is 10.0 Å². The number of nitrogens with one attached hydrogen (secondary N) is 2. The van der Waals surface area contributed by atoms with Gasteiger partial charge >= 0.3 is 0 Å². The third-order valence-corrected chi connectivity index (χ3v) is 6.09. The highest BCUT2D eigenvalue weighted by atomic mass is 35.5. The highest BCUT2D eigenvalue weighted by Crippen LogP contribution is 2.27. The second kappa shape index (κ2) is 9.53. The Bertz CT molecular complexity index is 1190. The van der Waals surface area contributed by atoms with Crippen LogP contribution in [0.4, 0.5) is 11.4 Å². The molecular weight excluding hydrogens is 467 g/mol. The van der Waals surface area contributed by atoms with Crippen LogP contribution in [0.3, 0.4) is 0 Å². The Morgan fingerprint density at radius 1 is 0.833 bits per heavy atom. The van der Waals surface area contributed by atoms with Crippen LogP contribution in [0.25, 0.3) is 6.08 Å². The maximum atomic E-state index is 12.5. The van der Waals surface area contributed by atoms with Crippen molar-refractivity contribution in [3.63, 3.8) is 0 Å². The van der Waals surface area contributed by atoms with E-state index in [0.717, 1.165) is 5.56 Å². The lowest BCUT2D eigenvalue weighted by molar-refractivity contribution is -0.111. The Morgan fingerprint density at radius 3 is 2.10 bits per heavy atom. The topological polar surface area (TPSA) is 75.3 Å². The molecule has 0 saturated heterocycles. The van der Waals surface area contributed by atoms with Gasteiger partial charge < -0.3 is 5.32 Å². The van der Waals surface area contributed by atoms with E-state index in [9.17, 15) is 13.2 Å². The standard InChI is InChI=1S/C21H15Cl3N2O3S/c22-15-4-1-14(2-5-15)3-12-21(27)25-17-7-9-18(10-8-17)30(28,29)26-20-11-6-16(23)13-19(20)24/h1-13,26H,(H,25,27)/b12-3+. The summed E-state index contributed by atoms with van der Waals surface area (Å²) in [6, 6.07) is 17.2. The number of sulfonamides is 1. The third-order valence-electron chi connectivity index (χ3n) is 3.90. The predicted octanol–water partition coefficient (Wildman–Crippen LogP) is 6.10. The van der Waals surface area contributed by atoms with Crippen molar-refractivity contribution < 1.29 is 13.2 Å². The number of halogens is 3. The van der Waals surface area contributed by atoms with Gasteiger partial charge in [0.1, 0.15) is 0 Å². The summed E-state index contributed by atoms with van der Waals surface area (Å²) in [5.41, 5.74) is 1.48. The molecule has 30 heavy (non-hydrogen) atoms. The SMILES string of the molecule is O=C(/C=C/c1ccc(Cl)cc1)Nc1ccc(S(=O)(=O)Nc2ccc(Cl)cc2Cl)cc1. The number of hydrogen-bond donors (Lipinski definition) is 2. The Kier molecular flexibility index (Phi) is 7.05. The first-order chi connectivity index (χ1) is 14.2. The van der Waals surface area contributed by atoms with Crippen LogP contribution in [-0.4, -0.2) is 14.3 Å². The Hall–Kier alpha value is -2.51. The van der Waals surface area contributed by atoms with E-state index in [-0.39, 0.29) is 21.5 Å². The fourth-order valence-electron chi connectivity index (χ4n) is 2.42. The maximum Gasteiger partial charge on any atom is 0.261 e. The summed E-state index contributed by atoms with van der Waals surface area (Å²) in [6.45, 7) is 0. The number of rotatable bonds is 6. The van der Waals surface area contributed by atoms with Gasteiger partial charge in [0.2, 0.25) is 5.91 Å². The molecule has 5 nitrogen and oxygen atoms in total. The van der Waals surface area contributed by atoms with Crippen molar-refractivity contribution >= 4 is 68.2 Å². The van der Waals surface area contributed by atoms with E-state index >= 15 is 0 Å². The highest BCUT2D eigenvalue weighted by Gasteiger charge is 2.16. The molecule has 2 N–H and O–H groups in total. The lowest BCUT2D eigenvalue weighted by Gasteiger charge is -2.10. The Balaban J connectivity index is 1.66. The molecule has 3 aromatic rings. The van der Waals surface area contributed by atoms with Crippen molar-refractivity contribution in [1.82, 2.24) is 0 Å². The number of carbonyl (C=O) groups is 1. The molecule has 0 aliphatic rings. The van der Waals surface area contributed by atoms with Crippen LogP contribution in [0.2, 0.25) is 15.1 Å². The van der Waals surface area contributed by atoms with Gasteiger partial charge in [-0.05, 0) is 66.2 Å². The van der Waals surface area contributed by atoms with Gasteiger partial charge in [-0.1, -0.05) is 46.9 Å². The van der Waals surface area contributed by atoms with Crippen molar-refractivity contribution in [2.24, 2.45) is 0 Å².